The zero-order chi connectivity index (χ0) is 29.1. The van der Waals surface area contributed by atoms with Crippen LogP contribution in [0.15, 0.2) is 114 Å². The summed E-state index contributed by atoms with van der Waals surface area (Å²) in [6.45, 7) is 5.93. The molecule has 0 saturated carbocycles. The van der Waals surface area contributed by atoms with Gasteiger partial charge in [-0.3, -0.25) is 14.0 Å². The molecule has 0 spiro atoms. The van der Waals surface area contributed by atoms with E-state index in [2.05, 4.69) is 54.3 Å². The maximum Gasteiger partial charge on any atom is 0.333 e. The van der Waals surface area contributed by atoms with E-state index in [9.17, 15) is 9.59 Å². The van der Waals surface area contributed by atoms with E-state index in [0.717, 1.165) is 42.7 Å². The number of likely N-dealkylation sites (tertiary alicyclic amines) is 1. The Kier molecular flexibility index (Phi) is 8.06. The number of rotatable bonds is 8. The molecule has 2 heterocycles. The molecule has 5 aromatic rings. The lowest BCUT2D eigenvalue weighted by Gasteiger charge is -2.36. The molecule has 4 aromatic carbocycles. The summed E-state index contributed by atoms with van der Waals surface area (Å²) < 4.78 is 8.94. The van der Waals surface area contributed by atoms with Crippen molar-refractivity contribution in [2.75, 3.05) is 19.7 Å². The first-order chi connectivity index (χ1) is 20.5. The lowest BCUT2D eigenvalue weighted by molar-refractivity contribution is -0.150. The fraction of sp³-hybridized carbons (Fsp3) is 0.278. The van der Waals surface area contributed by atoms with Crippen LogP contribution in [-0.4, -0.2) is 39.7 Å². The van der Waals surface area contributed by atoms with Crippen molar-refractivity contribution in [3.05, 3.63) is 137 Å². The number of esters is 1. The van der Waals surface area contributed by atoms with Gasteiger partial charge in [-0.2, -0.15) is 0 Å². The van der Waals surface area contributed by atoms with Crippen LogP contribution >= 0.6 is 0 Å². The van der Waals surface area contributed by atoms with Gasteiger partial charge in [0.05, 0.1) is 18.3 Å². The van der Waals surface area contributed by atoms with E-state index in [0.29, 0.717) is 12.5 Å². The topological polar surface area (TPSA) is 56.5 Å². The number of nitrogens with zero attached hydrogens (tertiary/aromatic N) is 3. The van der Waals surface area contributed by atoms with E-state index in [4.69, 9.17) is 4.74 Å². The third-order valence-corrected chi connectivity index (χ3v) is 8.64. The number of imidazole rings is 1. The zero-order valence-electron chi connectivity index (χ0n) is 24.2. The molecule has 214 valence electrons. The molecule has 1 fully saturated rings. The summed E-state index contributed by atoms with van der Waals surface area (Å²) >= 11 is 0. The van der Waals surface area contributed by atoms with Crippen molar-refractivity contribution in [2.45, 2.75) is 44.7 Å². The van der Waals surface area contributed by atoms with Gasteiger partial charge in [0.15, 0.2) is 0 Å². The molecule has 6 rings (SSSR count). The normalized spacial score (nSPS) is 15.9. The molecular weight excluding hydrogens is 522 g/mol. The van der Waals surface area contributed by atoms with Crippen molar-refractivity contribution < 1.29 is 9.53 Å². The summed E-state index contributed by atoms with van der Waals surface area (Å²) in [5.41, 5.74) is 4.15. The minimum absolute atomic E-state index is 0.0531. The molecule has 1 aliphatic heterocycles. The average Bonchev–Trinajstić information content (AvgIpc) is 3.42. The molecule has 0 N–H and O–H groups in total. The molecule has 2 atom stereocenters. The first-order valence-corrected chi connectivity index (χ1v) is 14.9. The second kappa shape index (κ2) is 12.2. The zero-order valence-corrected chi connectivity index (χ0v) is 24.2. The molecule has 0 amide bonds. The molecule has 6 heteroatoms. The molecule has 0 aliphatic carbocycles. The van der Waals surface area contributed by atoms with Crippen molar-refractivity contribution in [1.29, 1.82) is 0 Å². The molecule has 42 heavy (non-hydrogen) atoms. The number of aromatic nitrogens is 2. The number of piperidine rings is 1. The van der Waals surface area contributed by atoms with Gasteiger partial charge < -0.3 is 4.74 Å². The summed E-state index contributed by atoms with van der Waals surface area (Å²) in [7, 11) is 0. The molecule has 6 nitrogen and oxygen atoms in total. The highest BCUT2D eigenvalue weighted by atomic mass is 16.5. The van der Waals surface area contributed by atoms with Gasteiger partial charge in [0, 0.05) is 12.4 Å². The highest BCUT2D eigenvalue weighted by molar-refractivity contribution is 5.83. The van der Waals surface area contributed by atoms with E-state index in [1.807, 2.05) is 73.9 Å². The summed E-state index contributed by atoms with van der Waals surface area (Å²) in [5.74, 6) is 0.224. The van der Waals surface area contributed by atoms with Crippen LogP contribution in [0.5, 0.6) is 0 Å². The van der Waals surface area contributed by atoms with Crippen LogP contribution in [0, 0.1) is 0 Å². The Hall–Kier alpha value is -4.42. The lowest BCUT2D eigenvalue weighted by Crippen LogP contribution is -2.40. The number of hydrogen-bond acceptors (Lipinski definition) is 4. The first kappa shape index (κ1) is 27.7. The molecule has 1 saturated heterocycles. The van der Waals surface area contributed by atoms with Gasteiger partial charge in [-0.1, -0.05) is 78.9 Å². The predicted molar refractivity (Wildman–Crippen MR) is 167 cm³/mol. The number of fused-ring (bicyclic) bond motifs is 1. The van der Waals surface area contributed by atoms with Crippen LogP contribution in [0.2, 0.25) is 0 Å². The molecule has 1 aliphatic rings. The van der Waals surface area contributed by atoms with Crippen LogP contribution in [0.4, 0.5) is 0 Å². The Morgan fingerprint density at radius 2 is 1.52 bits per heavy atom. The van der Waals surface area contributed by atoms with Crippen molar-refractivity contribution in [3.63, 3.8) is 0 Å². The first-order valence-electron chi connectivity index (χ1n) is 14.9. The van der Waals surface area contributed by atoms with E-state index < -0.39 is 0 Å². The number of hydrogen-bond donors (Lipinski definition) is 0. The average molecular weight is 560 g/mol. The Balaban J connectivity index is 1.14. The summed E-state index contributed by atoms with van der Waals surface area (Å²) in [4.78, 5) is 28.6. The van der Waals surface area contributed by atoms with Gasteiger partial charge in [0.1, 0.15) is 6.04 Å². The summed E-state index contributed by atoms with van der Waals surface area (Å²) in [5, 5.41) is 2.37. The van der Waals surface area contributed by atoms with Crippen LogP contribution in [0.3, 0.4) is 0 Å². The second-order valence-corrected chi connectivity index (χ2v) is 11.1. The minimum atomic E-state index is -0.373. The van der Waals surface area contributed by atoms with Crippen LogP contribution < -0.4 is 5.69 Å². The van der Waals surface area contributed by atoms with E-state index in [-0.39, 0.29) is 23.7 Å². The molecule has 0 bridgehead atoms. The lowest BCUT2D eigenvalue weighted by atomic mass is 9.88. The van der Waals surface area contributed by atoms with Gasteiger partial charge >= 0.3 is 11.7 Å². The Bertz CT molecular complexity index is 1710. The van der Waals surface area contributed by atoms with Crippen molar-refractivity contribution in [1.82, 2.24) is 14.0 Å². The maximum absolute atomic E-state index is 13.4. The van der Waals surface area contributed by atoms with Crippen LogP contribution in [0.1, 0.15) is 61.4 Å². The largest absolute Gasteiger partial charge is 0.465 e. The maximum atomic E-state index is 13.4. The van der Waals surface area contributed by atoms with Gasteiger partial charge in [-0.15, -0.1) is 0 Å². The highest BCUT2D eigenvalue weighted by Crippen LogP contribution is 2.33. The Morgan fingerprint density at radius 3 is 2.24 bits per heavy atom. The SMILES string of the molecule is CCOC(=O)C(c1ccccc1)N1CCC(c2ccc(-n3ccn([C@@H](C)c4ccc5ccccc5c4)c3=O)cc2)CC1. The molecule has 1 aromatic heterocycles. The molecule has 0 radical (unpaired) electrons. The molecular formula is C36H37N3O3. The standard InChI is InChI=1S/C36H37N3O3/c1-3-42-35(40)34(30-10-5-4-6-11-30)37-21-19-29(20-22-37)28-15-17-33(18-16-28)39-24-23-38(36(39)41)26(2)31-14-13-27-9-7-8-12-32(27)25-31/h4-18,23-26,29,34H,3,19-22H2,1-2H3/t26-,34?/m0/s1. The van der Waals surface area contributed by atoms with Gasteiger partial charge in [0.25, 0.3) is 0 Å². The van der Waals surface area contributed by atoms with Crippen molar-refractivity contribution in [3.8, 4) is 5.69 Å². The number of carbonyl (C=O) groups excluding carboxylic acids is 1. The third-order valence-electron chi connectivity index (χ3n) is 8.64. The van der Waals surface area contributed by atoms with E-state index in [1.165, 1.54) is 16.3 Å². The van der Waals surface area contributed by atoms with Gasteiger partial charge in [0.2, 0.25) is 0 Å². The molecule has 1 unspecified atom stereocenters. The Labute approximate surface area is 246 Å². The van der Waals surface area contributed by atoms with Gasteiger partial charge in [-0.25, -0.2) is 9.59 Å². The van der Waals surface area contributed by atoms with Crippen molar-refractivity contribution in [2.24, 2.45) is 0 Å². The monoisotopic (exact) mass is 559 g/mol. The van der Waals surface area contributed by atoms with E-state index >= 15 is 0 Å². The number of carbonyl (C=O) groups is 1. The predicted octanol–water partition coefficient (Wildman–Crippen LogP) is 6.89. The minimum Gasteiger partial charge on any atom is -0.465 e. The second-order valence-electron chi connectivity index (χ2n) is 11.1. The fourth-order valence-electron chi connectivity index (χ4n) is 6.26. The smallest absolute Gasteiger partial charge is 0.333 e. The Morgan fingerprint density at radius 1 is 0.833 bits per heavy atom. The van der Waals surface area contributed by atoms with Crippen LogP contribution in [0.25, 0.3) is 16.5 Å². The summed E-state index contributed by atoms with van der Waals surface area (Å²) in [6, 6.07) is 32.5. The number of benzene rings is 4. The van der Waals surface area contributed by atoms with Crippen LogP contribution in [-0.2, 0) is 9.53 Å². The summed E-state index contributed by atoms with van der Waals surface area (Å²) in [6.07, 6.45) is 5.65. The fourth-order valence-corrected chi connectivity index (χ4v) is 6.26. The van der Waals surface area contributed by atoms with Gasteiger partial charge in [-0.05, 0) is 91.4 Å². The third kappa shape index (κ3) is 5.55. The number of ether oxygens (including phenoxy) is 1. The quantitative estimate of drug-likeness (QED) is 0.194. The van der Waals surface area contributed by atoms with Crippen molar-refractivity contribution >= 4 is 16.7 Å². The van der Waals surface area contributed by atoms with E-state index in [1.54, 1.807) is 9.13 Å². The highest BCUT2D eigenvalue weighted by Gasteiger charge is 2.32.